The van der Waals surface area contributed by atoms with Gasteiger partial charge in [0, 0.05) is 35.6 Å². The quantitative estimate of drug-likeness (QED) is 0.684. The Hall–Kier alpha value is -3.46. The lowest BCUT2D eigenvalue weighted by Gasteiger charge is -2.28. The van der Waals surface area contributed by atoms with Gasteiger partial charge in [-0.2, -0.15) is 5.26 Å². The van der Waals surface area contributed by atoms with Crippen LogP contribution in [0.5, 0.6) is 23.0 Å². The third-order valence-corrected chi connectivity index (χ3v) is 5.52. The zero-order chi connectivity index (χ0) is 19.3. The predicted molar refractivity (Wildman–Crippen MR) is 103 cm³/mol. The molecule has 2 aromatic carbocycles. The minimum absolute atomic E-state index is 0.0662. The van der Waals surface area contributed by atoms with Crippen LogP contribution in [0.15, 0.2) is 30.5 Å². The maximum Gasteiger partial charge on any atom is 0.231 e. The van der Waals surface area contributed by atoms with E-state index in [2.05, 4.69) is 11.1 Å². The summed E-state index contributed by atoms with van der Waals surface area (Å²) in [7, 11) is 3.26. The fourth-order valence-electron chi connectivity index (χ4n) is 4.25. The van der Waals surface area contributed by atoms with Crippen molar-refractivity contribution in [2.24, 2.45) is 0 Å². The number of rotatable bonds is 3. The Kier molecular flexibility index (Phi) is 3.76. The summed E-state index contributed by atoms with van der Waals surface area (Å²) < 4.78 is 22.0. The Bertz CT molecular complexity index is 1150. The normalized spacial score (nSPS) is 16.2. The number of methoxy groups -OCH3 is 2. The Morgan fingerprint density at radius 2 is 1.82 bits per heavy atom. The van der Waals surface area contributed by atoms with E-state index in [0.29, 0.717) is 23.7 Å². The molecule has 1 aliphatic heterocycles. The number of nitrogens with zero attached hydrogens (tertiary/aromatic N) is 2. The Morgan fingerprint density at radius 3 is 2.57 bits per heavy atom. The number of aromatic nitrogens is 1. The van der Waals surface area contributed by atoms with E-state index in [1.54, 1.807) is 14.2 Å². The topological polar surface area (TPSA) is 73.6 Å². The lowest BCUT2D eigenvalue weighted by Crippen LogP contribution is -2.13. The fraction of sp³-hybridized carbons (Fsp3) is 0.273. The van der Waals surface area contributed by atoms with Crippen molar-refractivity contribution in [1.29, 1.82) is 5.26 Å². The van der Waals surface area contributed by atoms with Crippen molar-refractivity contribution in [3.8, 4) is 40.2 Å². The third kappa shape index (κ3) is 2.36. The SMILES string of the molecule is COc1cc2c(cc1OC)-c1cnc3cc4c(cc3c1C(CC#N)C2)OCO4. The number of pyridine rings is 1. The summed E-state index contributed by atoms with van der Waals surface area (Å²) in [6, 6.07) is 10.2. The summed E-state index contributed by atoms with van der Waals surface area (Å²) in [6.07, 6.45) is 3.06. The Morgan fingerprint density at radius 1 is 1.07 bits per heavy atom. The summed E-state index contributed by atoms with van der Waals surface area (Å²) in [5.41, 5.74) is 5.19. The standard InChI is InChI=1S/C22H18N2O4/c1-25-18-6-13-5-12(3-4-23)22-15-8-20-21(28-11-27-20)9-17(15)24-10-16(22)14(13)7-19(18)26-2/h6-10,12H,3,5,11H2,1-2H3. The molecule has 1 atom stereocenters. The largest absolute Gasteiger partial charge is 0.493 e. The summed E-state index contributed by atoms with van der Waals surface area (Å²) in [6.45, 7) is 0.218. The maximum absolute atomic E-state index is 9.45. The lowest BCUT2D eigenvalue weighted by atomic mass is 9.76. The number of hydrogen-bond acceptors (Lipinski definition) is 6. The second-order valence-corrected chi connectivity index (χ2v) is 6.94. The van der Waals surface area contributed by atoms with Crippen molar-refractivity contribution in [3.63, 3.8) is 0 Å². The van der Waals surface area contributed by atoms with Crippen LogP contribution in [-0.4, -0.2) is 26.0 Å². The summed E-state index contributed by atoms with van der Waals surface area (Å²) in [5, 5.41) is 10.4. The first-order valence-corrected chi connectivity index (χ1v) is 9.08. The van der Waals surface area contributed by atoms with E-state index in [1.165, 1.54) is 0 Å². The molecule has 2 aliphatic rings. The van der Waals surface area contributed by atoms with Gasteiger partial charge in [-0.3, -0.25) is 4.98 Å². The second kappa shape index (κ2) is 6.31. The van der Waals surface area contributed by atoms with Gasteiger partial charge in [0.1, 0.15) is 0 Å². The van der Waals surface area contributed by atoms with Crippen LogP contribution in [0.2, 0.25) is 0 Å². The molecule has 0 radical (unpaired) electrons. The number of hydrogen-bond donors (Lipinski definition) is 0. The highest BCUT2D eigenvalue weighted by Crippen LogP contribution is 2.48. The van der Waals surface area contributed by atoms with Crippen LogP contribution in [0.1, 0.15) is 23.5 Å². The molecule has 0 fully saturated rings. The average molecular weight is 374 g/mol. The third-order valence-electron chi connectivity index (χ3n) is 5.52. The minimum Gasteiger partial charge on any atom is -0.493 e. The lowest BCUT2D eigenvalue weighted by molar-refractivity contribution is 0.174. The van der Waals surface area contributed by atoms with Crippen molar-refractivity contribution >= 4 is 10.9 Å². The summed E-state index contributed by atoms with van der Waals surface area (Å²) in [4.78, 5) is 4.67. The molecule has 5 rings (SSSR count). The number of benzene rings is 2. The molecule has 3 aromatic rings. The van der Waals surface area contributed by atoms with Crippen LogP contribution in [0, 0.1) is 11.3 Å². The van der Waals surface area contributed by atoms with Crippen LogP contribution in [0.3, 0.4) is 0 Å². The maximum atomic E-state index is 9.45. The van der Waals surface area contributed by atoms with Crippen molar-refractivity contribution in [2.45, 2.75) is 18.8 Å². The summed E-state index contributed by atoms with van der Waals surface area (Å²) in [5.74, 6) is 2.86. The molecule has 0 saturated heterocycles. The average Bonchev–Trinajstić information content (AvgIpc) is 3.18. The molecule has 28 heavy (non-hydrogen) atoms. The molecule has 0 amide bonds. The molecule has 1 aromatic heterocycles. The van der Waals surface area contributed by atoms with E-state index in [1.807, 2.05) is 30.5 Å². The minimum atomic E-state index is 0.0662. The van der Waals surface area contributed by atoms with Gasteiger partial charge in [0.15, 0.2) is 23.0 Å². The van der Waals surface area contributed by atoms with E-state index in [4.69, 9.17) is 18.9 Å². The van der Waals surface area contributed by atoms with Crippen LogP contribution < -0.4 is 18.9 Å². The van der Waals surface area contributed by atoms with Crippen molar-refractivity contribution < 1.29 is 18.9 Å². The van der Waals surface area contributed by atoms with Gasteiger partial charge in [-0.15, -0.1) is 0 Å². The highest BCUT2D eigenvalue weighted by molar-refractivity contribution is 5.93. The fourth-order valence-corrected chi connectivity index (χ4v) is 4.25. The number of ether oxygens (including phenoxy) is 4. The van der Waals surface area contributed by atoms with Crippen molar-refractivity contribution in [1.82, 2.24) is 4.98 Å². The molecule has 6 nitrogen and oxygen atoms in total. The van der Waals surface area contributed by atoms with Gasteiger partial charge in [-0.05, 0) is 41.3 Å². The molecule has 140 valence electrons. The molecule has 1 aliphatic carbocycles. The Labute approximate surface area is 162 Å². The van der Waals surface area contributed by atoms with Gasteiger partial charge in [0.25, 0.3) is 0 Å². The van der Waals surface area contributed by atoms with E-state index in [9.17, 15) is 5.26 Å². The van der Waals surface area contributed by atoms with Crippen LogP contribution in [0.4, 0.5) is 0 Å². The van der Waals surface area contributed by atoms with E-state index in [0.717, 1.165) is 45.3 Å². The van der Waals surface area contributed by atoms with Crippen molar-refractivity contribution in [2.75, 3.05) is 21.0 Å². The molecule has 0 saturated carbocycles. The highest BCUT2D eigenvalue weighted by Gasteiger charge is 2.29. The van der Waals surface area contributed by atoms with Crippen LogP contribution in [-0.2, 0) is 6.42 Å². The van der Waals surface area contributed by atoms with Crippen LogP contribution >= 0.6 is 0 Å². The zero-order valence-electron chi connectivity index (χ0n) is 15.6. The van der Waals surface area contributed by atoms with E-state index < -0.39 is 0 Å². The Balaban J connectivity index is 1.80. The molecular weight excluding hydrogens is 356 g/mol. The van der Waals surface area contributed by atoms with Gasteiger partial charge >= 0.3 is 0 Å². The predicted octanol–water partition coefficient (Wildman–Crippen LogP) is 4.20. The monoisotopic (exact) mass is 374 g/mol. The molecule has 0 spiro atoms. The van der Waals surface area contributed by atoms with Crippen molar-refractivity contribution in [3.05, 3.63) is 41.6 Å². The smallest absolute Gasteiger partial charge is 0.231 e. The summed E-state index contributed by atoms with van der Waals surface area (Å²) >= 11 is 0. The molecule has 0 N–H and O–H groups in total. The molecule has 2 heterocycles. The van der Waals surface area contributed by atoms with E-state index >= 15 is 0 Å². The van der Waals surface area contributed by atoms with Gasteiger partial charge in [0.2, 0.25) is 6.79 Å². The molecule has 0 bridgehead atoms. The van der Waals surface area contributed by atoms with E-state index in [-0.39, 0.29) is 12.7 Å². The van der Waals surface area contributed by atoms with Gasteiger partial charge in [0.05, 0.1) is 25.8 Å². The molecular formula is C22H18N2O4. The molecule has 6 heteroatoms. The first kappa shape index (κ1) is 16.7. The van der Waals surface area contributed by atoms with Gasteiger partial charge < -0.3 is 18.9 Å². The first-order valence-electron chi connectivity index (χ1n) is 9.08. The molecule has 1 unspecified atom stereocenters. The van der Waals surface area contributed by atoms with Gasteiger partial charge in [-0.1, -0.05) is 0 Å². The van der Waals surface area contributed by atoms with Gasteiger partial charge in [-0.25, -0.2) is 0 Å². The first-order chi connectivity index (χ1) is 13.7. The van der Waals surface area contributed by atoms with Crippen LogP contribution in [0.25, 0.3) is 22.0 Å². The zero-order valence-corrected chi connectivity index (χ0v) is 15.6. The second-order valence-electron chi connectivity index (χ2n) is 6.94. The highest BCUT2D eigenvalue weighted by atomic mass is 16.7. The number of fused-ring (bicyclic) bond motifs is 6. The number of nitriles is 1.